The molecule has 1 aliphatic carbocycles. The molecule has 0 aliphatic heterocycles. The molecule has 29 heavy (non-hydrogen) atoms. The summed E-state index contributed by atoms with van der Waals surface area (Å²) in [6.07, 6.45) is 1.36. The van der Waals surface area contributed by atoms with Crippen molar-refractivity contribution in [3.63, 3.8) is 0 Å². The van der Waals surface area contributed by atoms with Crippen LogP contribution in [0.2, 0.25) is 0 Å². The first-order chi connectivity index (χ1) is 13.8. The lowest BCUT2D eigenvalue weighted by Crippen LogP contribution is -2.14. The number of hydrogen-bond donors (Lipinski definition) is 0. The van der Waals surface area contributed by atoms with Gasteiger partial charge in [-0.1, -0.05) is 56.2 Å². The summed E-state index contributed by atoms with van der Waals surface area (Å²) in [5.41, 5.74) is 0.639. The van der Waals surface area contributed by atoms with E-state index in [1.54, 1.807) is 6.92 Å². The molecule has 0 heterocycles. The third-order valence-electron chi connectivity index (χ3n) is 5.12. The van der Waals surface area contributed by atoms with E-state index in [4.69, 9.17) is 9.47 Å². The largest absolute Gasteiger partial charge is 0.457 e. The van der Waals surface area contributed by atoms with E-state index in [2.05, 4.69) is 57.5 Å². The monoisotopic (exact) mass is 516 g/mol. The first-order valence-corrected chi connectivity index (χ1v) is 10.9. The molecule has 0 saturated heterocycles. The van der Waals surface area contributed by atoms with Crippen LogP contribution in [0.4, 0.5) is 0 Å². The van der Waals surface area contributed by atoms with Crippen LogP contribution in [0.25, 0.3) is 0 Å². The van der Waals surface area contributed by atoms with Crippen molar-refractivity contribution in [3.05, 3.63) is 69.6 Å². The van der Waals surface area contributed by atoms with Crippen LogP contribution in [-0.4, -0.2) is 5.97 Å². The number of ether oxygens (including phenoxy) is 2. The molecule has 0 N–H and O–H groups in total. The summed E-state index contributed by atoms with van der Waals surface area (Å²) < 4.78 is 12.6. The van der Waals surface area contributed by atoms with Crippen molar-refractivity contribution in [1.82, 2.24) is 0 Å². The summed E-state index contributed by atoms with van der Waals surface area (Å²) in [7, 11) is 0. The molecule has 2 aromatic carbocycles. The molecule has 5 heteroatoms. The van der Waals surface area contributed by atoms with Crippen molar-refractivity contribution >= 4 is 37.8 Å². The van der Waals surface area contributed by atoms with Gasteiger partial charge in [-0.3, -0.25) is 4.79 Å². The molecular formula is C24H22Br2O3. The Bertz CT molecular complexity index is 966. The van der Waals surface area contributed by atoms with Crippen LogP contribution in [0, 0.1) is 29.1 Å². The Morgan fingerprint density at radius 2 is 1.79 bits per heavy atom. The second-order valence-corrected chi connectivity index (χ2v) is 10.3. The molecule has 0 amide bonds. The quantitative estimate of drug-likeness (QED) is 0.306. The van der Waals surface area contributed by atoms with Gasteiger partial charge >= 0.3 is 5.97 Å². The van der Waals surface area contributed by atoms with Crippen LogP contribution in [-0.2, 0) is 9.53 Å². The maximum atomic E-state index is 12.9. The summed E-state index contributed by atoms with van der Waals surface area (Å²) in [4.78, 5) is 12.9. The topological polar surface area (TPSA) is 35.5 Å². The van der Waals surface area contributed by atoms with E-state index in [-0.39, 0.29) is 23.2 Å². The third kappa shape index (κ3) is 5.32. The third-order valence-corrected chi connectivity index (χ3v) is 5.65. The van der Waals surface area contributed by atoms with Gasteiger partial charge in [0.05, 0.1) is 9.31 Å². The maximum Gasteiger partial charge on any atom is 0.311 e. The molecule has 0 unspecified atom stereocenters. The highest BCUT2D eigenvalue weighted by Gasteiger charge is 2.61. The van der Waals surface area contributed by atoms with E-state index >= 15 is 0 Å². The Kier molecular flexibility index (Phi) is 6.87. The Balaban J connectivity index is 1.76. The van der Waals surface area contributed by atoms with Gasteiger partial charge in [0.25, 0.3) is 0 Å². The molecule has 3 nitrogen and oxygen atoms in total. The Morgan fingerprint density at radius 3 is 2.45 bits per heavy atom. The minimum absolute atomic E-state index is 0.117. The van der Waals surface area contributed by atoms with E-state index < -0.39 is 6.10 Å². The molecule has 0 aromatic heterocycles. The highest BCUT2D eigenvalue weighted by Crippen LogP contribution is 2.60. The molecule has 0 radical (unpaired) electrons. The van der Waals surface area contributed by atoms with Crippen LogP contribution in [0.15, 0.2) is 64.1 Å². The predicted molar refractivity (Wildman–Crippen MR) is 122 cm³/mol. The van der Waals surface area contributed by atoms with Crippen LogP contribution in [0.3, 0.4) is 0 Å². The minimum Gasteiger partial charge on any atom is -0.457 e. The van der Waals surface area contributed by atoms with Crippen molar-refractivity contribution in [1.29, 1.82) is 0 Å². The Morgan fingerprint density at radius 1 is 1.10 bits per heavy atom. The molecular weight excluding hydrogens is 496 g/mol. The van der Waals surface area contributed by atoms with Gasteiger partial charge in [0.2, 0.25) is 0 Å². The summed E-state index contributed by atoms with van der Waals surface area (Å²) in [5, 5.41) is 0. The smallest absolute Gasteiger partial charge is 0.311 e. The molecule has 3 atom stereocenters. The van der Waals surface area contributed by atoms with Crippen LogP contribution in [0.1, 0.15) is 32.4 Å². The average molecular weight is 518 g/mol. The fourth-order valence-corrected chi connectivity index (χ4v) is 4.01. The lowest BCUT2D eigenvalue weighted by molar-refractivity contribution is -0.149. The SMILES string of the molecule is CC#C[C@@H](OC(=O)[C@@H]1[C@H](C=C(Br)Br)C1(C)C)c1cccc(Oc2ccccc2)c1. The second-order valence-electron chi connectivity index (χ2n) is 7.48. The summed E-state index contributed by atoms with van der Waals surface area (Å²) in [6, 6.07) is 17.0. The van der Waals surface area contributed by atoms with Gasteiger partial charge in [-0.05, 0) is 74.4 Å². The number of allylic oxidation sites excluding steroid dienone is 1. The number of carbonyl (C=O) groups is 1. The second kappa shape index (κ2) is 9.19. The van der Waals surface area contributed by atoms with E-state index in [0.717, 1.165) is 14.7 Å². The lowest BCUT2D eigenvalue weighted by atomic mass is 10.1. The molecule has 3 rings (SSSR count). The van der Waals surface area contributed by atoms with Gasteiger partial charge in [-0.15, -0.1) is 5.92 Å². The minimum atomic E-state index is -0.639. The molecule has 150 valence electrons. The van der Waals surface area contributed by atoms with Gasteiger partial charge in [0, 0.05) is 5.56 Å². The molecule has 1 saturated carbocycles. The zero-order chi connectivity index (χ0) is 21.0. The number of halogens is 2. The fraction of sp³-hybridized carbons (Fsp3) is 0.292. The lowest BCUT2D eigenvalue weighted by Gasteiger charge is -2.15. The zero-order valence-corrected chi connectivity index (χ0v) is 19.7. The van der Waals surface area contributed by atoms with Crippen molar-refractivity contribution in [3.8, 4) is 23.3 Å². The number of hydrogen-bond acceptors (Lipinski definition) is 3. The van der Waals surface area contributed by atoms with Gasteiger partial charge < -0.3 is 9.47 Å². The predicted octanol–water partition coefficient (Wildman–Crippen LogP) is 6.99. The van der Waals surface area contributed by atoms with Gasteiger partial charge in [-0.25, -0.2) is 0 Å². The molecule has 1 fully saturated rings. The highest BCUT2D eigenvalue weighted by molar-refractivity contribution is 9.28. The number of rotatable bonds is 6. The highest BCUT2D eigenvalue weighted by atomic mass is 79.9. The number of carbonyl (C=O) groups excluding carboxylic acids is 1. The van der Waals surface area contributed by atoms with Crippen LogP contribution >= 0.6 is 31.9 Å². The number of benzene rings is 2. The summed E-state index contributed by atoms with van der Waals surface area (Å²) in [5.74, 6) is 6.97. The van der Waals surface area contributed by atoms with Gasteiger partial charge in [0.1, 0.15) is 11.5 Å². The van der Waals surface area contributed by atoms with E-state index in [1.807, 2.05) is 60.7 Å². The van der Waals surface area contributed by atoms with Crippen molar-refractivity contribution < 1.29 is 14.3 Å². The van der Waals surface area contributed by atoms with Crippen molar-refractivity contribution in [2.75, 3.05) is 0 Å². The van der Waals surface area contributed by atoms with Crippen LogP contribution < -0.4 is 4.74 Å². The number of esters is 1. The molecule has 0 bridgehead atoms. The molecule has 0 spiro atoms. The average Bonchev–Trinajstić information content (AvgIpc) is 3.21. The zero-order valence-electron chi connectivity index (χ0n) is 16.5. The number of para-hydroxylation sites is 1. The standard InChI is InChI=1S/C24H22Br2O3/c1-4-9-20(29-23(27)22-19(15-21(25)26)24(22,2)3)16-10-8-13-18(14-16)28-17-11-6-5-7-12-17/h5-8,10-15,19-20,22H,1-3H3/t19-,20+,22-/m0/s1. The van der Waals surface area contributed by atoms with E-state index in [0.29, 0.717) is 5.75 Å². The normalized spacial score (nSPS) is 19.9. The first-order valence-electron chi connectivity index (χ1n) is 9.31. The van der Waals surface area contributed by atoms with E-state index in [1.165, 1.54) is 0 Å². The van der Waals surface area contributed by atoms with Gasteiger partial charge in [-0.2, -0.15) is 0 Å². The molecule has 2 aromatic rings. The Hall–Kier alpha value is -2.03. The van der Waals surface area contributed by atoms with Crippen LogP contribution in [0.5, 0.6) is 11.5 Å². The maximum absolute atomic E-state index is 12.9. The van der Waals surface area contributed by atoms with Crippen molar-refractivity contribution in [2.24, 2.45) is 17.3 Å². The first kappa shape index (κ1) is 21.7. The van der Waals surface area contributed by atoms with E-state index in [9.17, 15) is 4.79 Å². The Labute approximate surface area is 188 Å². The summed E-state index contributed by atoms with van der Waals surface area (Å²) in [6.45, 7) is 5.87. The van der Waals surface area contributed by atoms with Gasteiger partial charge in [0.15, 0.2) is 6.10 Å². The van der Waals surface area contributed by atoms with Crippen molar-refractivity contribution in [2.45, 2.75) is 26.9 Å². The fourth-order valence-electron chi connectivity index (χ4n) is 3.44. The molecule has 1 aliphatic rings. The summed E-state index contributed by atoms with van der Waals surface area (Å²) >= 11 is 6.76.